The number of carbonyl (C=O) groups excluding carboxylic acids is 2. The van der Waals surface area contributed by atoms with Gasteiger partial charge in [0.2, 0.25) is 5.91 Å². The Balaban J connectivity index is 0.00000103. The molecule has 0 atom stereocenters. The average Bonchev–Trinajstić information content (AvgIpc) is 2.93. The molecule has 2 rings (SSSR count). The van der Waals surface area contributed by atoms with E-state index in [9.17, 15) is 31.2 Å². The molecule has 0 unspecified atom stereocenters. The Labute approximate surface area is 169 Å². The van der Waals surface area contributed by atoms with Crippen LogP contribution < -0.4 is 5.73 Å². The van der Waals surface area contributed by atoms with E-state index in [-0.39, 0.29) is 34.4 Å². The molecule has 1 amide bonds. The number of amides is 1. The predicted molar refractivity (Wildman–Crippen MR) is 101 cm³/mol. The first kappa shape index (κ1) is 25.0. The fraction of sp³-hybridized carbons (Fsp3) is 0.438. The summed E-state index contributed by atoms with van der Waals surface area (Å²) in [7, 11) is -2.14. The maximum Gasteiger partial charge on any atom is 0.417 e. The van der Waals surface area contributed by atoms with Crippen molar-refractivity contribution in [3.05, 3.63) is 23.7 Å². The summed E-state index contributed by atoms with van der Waals surface area (Å²) in [5.41, 5.74) is 3.27. The lowest BCUT2D eigenvalue weighted by Gasteiger charge is -2.06. The number of oxime groups is 1. The van der Waals surface area contributed by atoms with Crippen molar-refractivity contribution in [1.29, 1.82) is 0 Å². The molecule has 0 bridgehead atoms. The normalized spacial score (nSPS) is 12.3. The number of fused-ring (bicyclic) bond motifs is 1. The molecule has 0 aliphatic heterocycles. The van der Waals surface area contributed by atoms with Crippen LogP contribution in [0.3, 0.4) is 0 Å². The Morgan fingerprint density at radius 1 is 1.30 bits per heavy atom. The second kappa shape index (κ2) is 9.65. The fourth-order valence-corrected chi connectivity index (χ4v) is 2.85. The number of hydrogen-bond acceptors (Lipinski definition) is 8. The van der Waals surface area contributed by atoms with Crippen molar-refractivity contribution >= 4 is 38.6 Å². The van der Waals surface area contributed by atoms with Crippen LogP contribution in [0.5, 0.6) is 0 Å². The maximum atomic E-state index is 12.8. The summed E-state index contributed by atoms with van der Waals surface area (Å²) in [6.07, 6.45) is -3.95. The highest BCUT2D eigenvalue weighted by Gasteiger charge is 2.32. The number of nitrogens with two attached hydrogens (primary N) is 1. The molecule has 2 N–H and O–H groups in total. The number of alkyl halides is 3. The van der Waals surface area contributed by atoms with Crippen LogP contribution in [-0.4, -0.2) is 52.0 Å². The topological polar surface area (TPSA) is 147 Å². The molecule has 0 spiro atoms. The maximum absolute atomic E-state index is 12.8. The van der Waals surface area contributed by atoms with Gasteiger partial charge >= 0.3 is 12.1 Å². The number of aryl methyl sites for hydroxylation is 1. The van der Waals surface area contributed by atoms with Gasteiger partial charge in [-0.3, -0.25) is 4.79 Å². The van der Waals surface area contributed by atoms with Crippen LogP contribution in [-0.2, 0) is 37.5 Å². The van der Waals surface area contributed by atoms with Crippen molar-refractivity contribution in [3.63, 3.8) is 0 Å². The zero-order valence-electron chi connectivity index (χ0n) is 16.5. The van der Waals surface area contributed by atoms with E-state index < -0.39 is 33.3 Å². The van der Waals surface area contributed by atoms with Crippen molar-refractivity contribution < 1.29 is 36.0 Å². The van der Waals surface area contributed by atoms with Crippen LogP contribution in [0.2, 0.25) is 0 Å². The van der Waals surface area contributed by atoms with Gasteiger partial charge in [0.05, 0.1) is 11.3 Å². The number of carbonyl (C=O) groups is 2. The van der Waals surface area contributed by atoms with Crippen LogP contribution in [0.1, 0.15) is 32.2 Å². The summed E-state index contributed by atoms with van der Waals surface area (Å²) in [6.45, 7) is 3.80. The van der Waals surface area contributed by atoms with Gasteiger partial charge in [0.1, 0.15) is 11.2 Å². The summed E-state index contributed by atoms with van der Waals surface area (Å²) in [6, 6.07) is 0.795. The Morgan fingerprint density at radius 3 is 2.33 bits per heavy atom. The molecule has 0 aliphatic rings. The lowest BCUT2D eigenvalue weighted by Crippen LogP contribution is -2.22. The molecule has 0 radical (unpaired) electrons. The van der Waals surface area contributed by atoms with E-state index in [4.69, 9.17) is 0 Å². The van der Waals surface area contributed by atoms with Gasteiger partial charge in [-0.05, 0) is 6.07 Å². The number of imidazole rings is 1. The van der Waals surface area contributed by atoms with Crippen LogP contribution in [0.4, 0.5) is 13.2 Å². The first-order valence-electron chi connectivity index (χ1n) is 8.28. The summed E-state index contributed by atoms with van der Waals surface area (Å²) >= 11 is 0. The second-order valence-electron chi connectivity index (χ2n) is 5.97. The number of sulfone groups is 1. The molecule has 0 aliphatic carbocycles. The zero-order valence-corrected chi connectivity index (χ0v) is 17.3. The van der Waals surface area contributed by atoms with Gasteiger partial charge in [0.15, 0.2) is 21.3 Å². The minimum atomic E-state index is -4.60. The molecule has 0 saturated heterocycles. The summed E-state index contributed by atoms with van der Waals surface area (Å²) in [4.78, 5) is 32.4. The Hall–Kier alpha value is -3.03. The van der Waals surface area contributed by atoms with Gasteiger partial charge in [-0.1, -0.05) is 12.1 Å². The third-order valence-electron chi connectivity index (χ3n) is 3.38. The number of nitrogens with zero attached hydrogens (tertiary/aromatic N) is 4. The minimum Gasteiger partial charge on any atom is -0.370 e. The fourth-order valence-electron chi connectivity index (χ4n) is 2.05. The molecule has 2 heterocycles. The smallest absolute Gasteiger partial charge is 0.370 e. The van der Waals surface area contributed by atoms with E-state index in [1.807, 2.05) is 0 Å². The SMILES string of the molecule is CC(N)=O.CCS(=O)(=O)C/C(=N\OC(C)=O)c1nc2cc(C(F)(F)F)cnc2n1C. The van der Waals surface area contributed by atoms with E-state index >= 15 is 0 Å². The molecule has 0 aromatic carbocycles. The third kappa shape index (κ3) is 7.09. The number of primary amides is 1. The van der Waals surface area contributed by atoms with Crippen LogP contribution in [0.25, 0.3) is 11.2 Å². The standard InChI is InChI=1S/C14H15F3N4O4S.C2H5NO/c1-4-26(23,24)7-11(20-25-8(2)22)13-19-10-5-9(14(15,16)17)6-18-12(10)21(13)3;1-2(3)4/h5-6H,4,7H2,1-3H3;1H3,(H2,3,4)/b20-11+;. The highest BCUT2D eigenvalue weighted by molar-refractivity contribution is 7.92. The lowest BCUT2D eigenvalue weighted by atomic mass is 10.2. The highest BCUT2D eigenvalue weighted by Crippen LogP contribution is 2.30. The molecule has 10 nitrogen and oxygen atoms in total. The average molecular weight is 451 g/mol. The van der Waals surface area contributed by atoms with E-state index in [1.165, 1.54) is 25.5 Å². The van der Waals surface area contributed by atoms with Gasteiger partial charge in [-0.15, -0.1) is 0 Å². The third-order valence-corrected chi connectivity index (χ3v) is 4.97. The van der Waals surface area contributed by atoms with Crippen molar-refractivity contribution in [3.8, 4) is 0 Å². The van der Waals surface area contributed by atoms with Gasteiger partial charge in [-0.2, -0.15) is 13.2 Å². The quantitative estimate of drug-likeness (QED) is 0.408. The first-order valence-corrected chi connectivity index (χ1v) is 10.1. The zero-order chi connectivity index (χ0) is 23.3. The molecule has 30 heavy (non-hydrogen) atoms. The Bertz CT molecular complexity index is 1070. The summed E-state index contributed by atoms with van der Waals surface area (Å²) in [5, 5.41) is 3.51. The predicted octanol–water partition coefficient (Wildman–Crippen LogP) is 1.18. The van der Waals surface area contributed by atoms with Gasteiger partial charge in [0.25, 0.3) is 0 Å². The molecular formula is C16H20F3N5O5S. The molecule has 0 fully saturated rings. The Kier molecular flexibility index (Phi) is 8.04. The molecule has 2 aromatic heterocycles. The summed E-state index contributed by atoms with van der Waals surface area (Å²) < 4.78 is 63.6. The van der Waals surface area contributed by atoms with E-state index in [0.717, 1.165) is 13.0 Å². The van der Waals surface area contributed by atoms with Crippen LogP contribution in [0, 0.1) is 0 Å². The number of hydrogen-bond donors (Lipinski definition) is 1. The van der Waals surface area contributed by atoms with Crippen LogP contribution in [0.15, 0.2) is 17.4 Å². The molecule has 2 aromatic rings. The summed E-state index contributed by atoms with van der Waals surface area (Å²) in [5.74, 6) is -1.98. The highest BCUT2D eigenvalue weighted by atomic mass is 32.2. The van der Waals surface area contributed by atoms with E-state index in [1.54, 1.807) is 0 Å². The molecule has 0 saturated carbocycles. The number of aromatic nitrogens is 3. The largest absolute Gasteiger partial charge is 0.417 e. The molecule has 14 heteroatoms. The van der Waals surface area contributed by atoms with Crippen molar-refractivity contribution in [2.24, 2.45) is 17.9 Å². The van der Waals surface area contributed by atoms with Crippen LogP contribution >= 0.6 is 0 Å². The van der Waals surface area contributed by atoms with Gasteiger partial charge in [0, 0.05) is 32.8 Å². The van der Waals surface area contributed by atoms with E-state index in [2.05, 4.69) is 25.7 Å². The number of rotatable bonds is 5. The molecular weight excluding hydrogens is 431 g/mol. The van der Waals surface area contributed by atoms with Crippen molar-refractivity contribution in [2.45, 2.75) is 26.9 Å². The first-order chi connectivity index (χ1) is 13.7. The number of pyridine rings is 1. The van der Waals surface area contributed by atoms with Gasteiger partial charge in [-0.25, -0.2) is 23.2 Å². The second-order valence-corrected chi connectivity index (χ2v) is 8.32. The van der Waals surface area contributed by atoms with Crippen molar-refractivity contribution in [2.75, 3.05) is 11.5 Å². The van der Waals surface area contributed by atoms with E-state index in [0.29, 0.717) is 6.20 Å². The monoisotopic (exact) mass is 451 g/mol. The molecule has 166 valence electrons. The number of halogens is 3. The Morgan fingerprint density at radius 2 is 1.87 bits per heavy atom. The lowest BCUT2D eigenvalue weighted by molar-refractivity contribution is -0.141. The minimum absolute atomic E-state index is 0.0647. The van der Waals surface area contributed by atoms with Crippen molar-refractivity contribution in [1.82, 2.24) is 14.5 Å². The van der Waals surface area contributed by atoms with Gasteiger partial charge < -0.3 is 15.1 Å².